The normalized spacial score (nSPS) is 25.5. The lowest BCUT2D eigenvalue weighted by Crippen LogP contribution is -2.10. The Balaban J connectivity index is 2.05. The lowest BCUT2D eigenvalue weighted by molar-refractivity contribution is 0.265. The Morgan fingerprint density at radius 1 is 1.06 bits per heavy atom. The van der Waals surface area contributed by atoms with Crippen molar-refractivity contribution in [2.24, 2.45) is 0 Å². The Labute approximate surface area is 94.4 Å². The van der Waals surface area contributed by atoms with Crippen molar-refractivity contribution in [2.45, 2.75) is 18.4 Å². The van der Waals surface area contributed by atoms with Crippen LogP contribution in [0.15, 0.2) is 48.6 Å². The fraction of sp³-hybridized carbons (Fsp3) is 0.200. The van der Waals surface area contributed by atoms with Gasteiger partial charge in [0.1, 0.15) is 11.9 Å². The molecular formula is C15H12O. The van der Waals surface area contributed by atoms with E-state index in [1.807, 2.05) is 0 Å². The fourth-order valence-electron chi connectivity index (χ4n) is 2.94. The summed E-state index contributed by atoms with van der Waals surface area (Å²) in [5.41, 5.74) is 1.41. The van der Waals surface area contributed by atoms with Crippen LogP contribution in [0.2, 0.25) is 0 Å². The summed E-state index contributed by atoms with van der Waals surface area (Å²) in [5, 5.41) is 2.67. The minimum Gasteiger partial charge on any atom is -0.485 e. The van der Waals surface area contributed by atoms with Crippen molar-refractivity contribution in [3.05, 3.63) is 54.1 Å². The van der Waals surface area contributed by atoms with Crippen LogP contribution in [0, 0.1) is 0 Å². The Morgan fingerprint density at radius 3 is 3.00 bits per heavy atom. The second-order valence-electron chi connectivity index (χ2n) is 4.55. The van der Waals surface area contributed by atoms with Crippen molar-refractivity contribution in [1.82, 2.24) is 0 Å². The van der Waals surface area contributed by atoms with Gasteiger partial charge in [0.2, 0.25) is 0 Å². The summed E-state index contributed by atoms with van der Waals surface area (Å²) in [6.07, 6.45) is 5.83. The van der Waals surface area contributed by atoms with Crippen LogP contribution in [-0.4, -0.2) is 6.10 Å². The van der Waals surface area contributed by atoms with Gasteiger partial charge in [-0.3, -0.25) is 0 Å². The van der Waals surface area contributed by atoms with E-state index in [4.69, 9.17) is 4.74 Å². The Kier molecular flexibility index (Phi) is 1.51. The molecule has 2 aromatic rings. The standard InChI is InChI=1S/C15H12O/c1-2-5-11-10(4-1)8-9-14-15(11)12-6-3-7-13(12)16-14/h1-5,7-9,12-13H,6H2/t12-,13+/m1/s1. The van der Waals surface area contributed by atoms with E-state index in [9.17, 15) is 0 Å². The van der Waals surface area contributed by atoms with Crippen LogP contribution >= 0.6 is 0 Å². The second-order valence-corrected chi connectivity index (χ2v) is 4.55. The van der Waals surface area contributed by atoms with Crippen LogP contribution in [0.3, 0.4) is 0 Å². The molecule has 0 bridgehead atoms. The molecule has 0 spiro atoms. The summed E-state index contributed by atoms with van der Waals surface area (Å²) in [6.45, 7) is 0. The smallest absolute Gasteiger partial charge is 0.124 e. The van der Waals surface area contributed by atoms with Gasteiger partial charge in [-0.1, -0.05) is 36.4 Å². The Morgan fingerprint density at radius 2 is 2.00 bits per heavy atom. The van der Waals surface area contributed by atoms with Crippen molar-refractivity contribution < 1.29 is 4.74 Å². The maximum absolute atomic E-state index is 5.95. The van der Waals surface area contributed by atoms with Crippen molar-refractivity contribution >= 4 is 10.8 Å². The van der Waals surface area contributed by atoms with E-state index >= 15 is 0 Å². The van der Waals surface area contributed by atoms with Crippen LogP contribution in [0.5, 0.6) is 5.75 Å². The van der Waals surface area contributed by atoms with Gasteiger partial charge in [0.25, 0.3) is 0 Å². The molecule has 2 aromatic carbocycles. The number of allylic oxidation sites excluding steroid dienone is 1. The Hall–Kier alpha value is -1.76. The van der Waals surface area contributed by atoms with E-state index in [2.05, 4.69) is 48.6 Å². The highest BCUT2D eigenvalue weighted by Crippen LogP contribution is 2.47. The molecule has 1 aliphatic heterocycles. The first kappa shape index (κ1) is 8.40. The molecule has 78 valence electrons. The first-order valence-electron chi connectivity index (χ1n) is 5.78. The van der Waals surface area contributed by atoms with E-state index in [0.29, 0.717) is 5.92 Å². The summed E-state index contributed by atoms with van der Waals surface area (Å²) in [7, 11) is 0. The van der Waals surface area contributed by atoms with Gasteiger partial charge in [-0.2, -0.15) is 0 Å². The molecule has 2 atom stereocenters. The molecule has 0 unspecified atom stereocenters. The molecule has 0 amide bonds. The first-order chi connectivity index (χ1) is 7.93. The van der Waals surface area contributed by atoms with Crippen molar-refractivity contribution in [3.63, 3.8) is 0 Å². The lowest BCUT2D eigenvalue weighted by atomic mass is 9.92. The minimum atomic E-state index is 0.279. The summed E-state index contributed by atoms with van der Waals surface area (Å²) in [4.78, 5) is 0. The van der Waals surface area contributed by atoms with E-state index in [1.165, 1.54) is 16.3 Å². The van der Waals surface area contributed by atoms with Gasteiger partial charge in [0.05, 0.1) is 0 Å². The maximum Gasteiger partial charge on any atom is 0.124 e. The maximum atomic E-state index is 5.95. The predicted molar refractivity (Wildman–Crippen MR) is 64.9 cm³/mol. The molecule has 1 aliphatic carbocycles. The number of hydrogen-bond donors (Lipinski definition) is 0. The molecule has 0 aromatic heterocycles. The number of benzene rings is 2. The number of rotatable bonds is 0. The second kappa shape index (κ2) is 2.88. The van der Waals surface area contributed by atoms with Gasteiger partial charge in [-0.15, -0.1) is 0 Å². The molecule has 1 heterocycles. The molecule has 0 N–H and O–H groups in total. The average molecular weight is 208 g/mol. The van der Waals surface area contributed by atoms with E-state index in [0.717, 1.165) is 12.2 Å². The summed E-state index contributed by atoms with van der Waals surface area (Å²) >= 11 is 0. The quantitative estimate of drug-likeness (QED) is 0.600. The zero-order valence-electron chi connectivity index (χ0n) is 8.89. The van der Waals surface area contributed by atoms with E-state index in [-0.39, 0.29) is 6.10 Å². The van der Waals surface area contributed by atoms with Gasteiger partial charge in [0, 0.05) is 11.5 Å². The lowest BCUT2D eigenvalue weighted by Gasteiger charge is -2.08. The molecule has 0 radical (unpaired) electrons. The van der Waals surface area contributed by atoms with Gasteiger partial charge in [-0.05, 0) is 29.3 Å². The predicted octanol–water partition coefficient (Wildman–Crippen LogP) is 3.64. The molecule has 0 saturated heterocycles. The van der Waals surface area contributed by atoms with Gasteiger partial charge in [-0.25, -0.2) is 0 Å². The van der Waals surface area contributed by atoms with Crippen molar-refractivity contribution in [2.75, 3.05) is 0 Å². The van der Waals surface area contributed by atoms with Crippen LogP contribution in [0.25, 0.3) is 10.8 Å². The average Bonchev–Trinajstić information content (AvgIpc) is 2.88. The highest BCUT2D eigenvalue weighted by Gasteiger charge is 2.35. The summed E-state index contributed by atoms with van der Waals surface area (Å²) in [6, 6.07) is 12.8. The van der Waals surface area contributed by atoms with Gasteiger partial charge >= 0.3 is 0 Å². The monoisotopic (exact) mass is 208 g/mol. The molecule has 4 rings (SSSR count). The Bertz CT molecular complexity index is 597. The molecule has 0 saturated carbocycles. The SMILES string of the molecule is C1=C[C@@H]2Oc3ccc4ccccc4c3[C@@H]2C1. The van der Waals surface area contributed by atoms with Gasteiger partial charge in [0.15, 0.2) is 0 Å². The molecule has 2 aliphatic rings. The molecule has 16 heavy (non-hydrogen) atoms. The first-order valence-corrected chi connectivity index (χ1v) is 5.78. The molecule has 1 nitrogen and oxygen atoms in total. The van der Waals surface area contributed by atoms with Crippen LogP contribution in [0.1, 0.15) is 17.9 Å². The highest BCUT2D eigenvalue weighted by atomic mass is 16.5. The van der Waals surface area contributed by atoms with Crippen LogP contribution in [-0.2, 0) is 0 Å². The molecule has 1 heteroatoms. The third-order valence-corrected chi connectivity index (χ3v) is 3.68. The third-order valence-electron chi connectivity index (χ3n) is 3.68. The zero-order chi connectivity index (χ0) is 10.5. The largest absolute Gasteiger partial charge is 0.485 e. The third kappa shape index (κ3) is 0.955. The minimum absolute atomic E-state index is 0.279. The van der Waals surface area contributed by atoms with Crippen LogP contribution < -0.4 is 4.74 Å². The van der Waals surface area contributed by atoms with E-state index in [1.54, 1.807) is 0 Å². The fourth-order valence-corrected chi connectivity index (χ4v) is 2.94. The van der Waals surface area contributed by atoms with Gasteiger partial charge < -0.3 is 4.74 Å². The topological polar surface area (TPSA) is 9.23 Å². The van der Waals surface area contributed by atoms with Crippen molar-refractivity contribution in [1.29, 1.82) is 0 Å². The summed E-state index contributed by atoms with van der Waals surface area (Å²) in [5.74, 6) is 1.62. The van der Waals surface area contributed by atoms with Crippen LogP contribution in [0.4, 0.5) is 0 Å². The highest BCUT2D eigenvalue weighted by molar-refractivity contribution is 5.89. The number of fused-ring (bicyclic) bond motifs is 5. The zero-order valence-corrected chi connectivity index (χ0v) is 8.89. The molecular weight excluding hydrogens is 196 g/mol. The summed E-state index contributed by atoms with van der Waals surface area (Å²) < 4.78 is 5.95. The number of hydrogen-bond acceptors (Lipinski definition) is 1. The van der Waals surface area contributed by atoms with E-state index < -0.39 is 0 Å². The van der Waals surface area contributed by atoms with Crippen molar-refractivity contribution in [3.8, 4) is 5.75 Å². The number of ether oxygens (including phenoxy) is 1. The molecule has 0 fully saturated rings.